The van der Waals surface area contributed by atoms with Gasteiger partial charge in [0, 0.05) is 0 Å². The van der Waals surface area contributed by atoms with Gasteiger partial charge in [0.25, 0.3) is 0 Å². The summed E-state index contributed by atoms with van der Waals surface area (Å²) in [5, 5.41) is 55.4. The maximum absolute atomic E-state index is 13.2. The van der Waals surface area contributed by atoms with E-state index in [1.54, 1.807) is 6.08 Å². The fourth-order valence-electron chi connectivity index (χ4n) is 8.47. The minimum absolute atomic E-state index is 0.230. The van der Waals surface area contributed by atoms with Crippen molar-refractivity contribution in [2.45, 2.75) is 281 Å². The number of carbonyl (C=O) groups excluding carboxylic acids is 1. The number of carbonyl (C=O) groups is 1. The van der Waals surface area contributed by atoms with Crippen LogP contribution in [-0.2, 0) is 28.9 Å². The van der Waals surface area contributed by atoms with Gasteiger partial charge in [-0.2, -0.15) is 8.42 Å². The van der Waals surface area contributed by atoms with Crippen LogP contribution in [0.25, 0.3) is 0 Å². The highest BCUT2D eigenvalue weighted by atomic mass is 32.3. The molecule has 8 unspecified atom stereocenters. The molecular weight excluding hydrogens is 875 g/mol. The molecule has 394 valence electrons. The van der Waals surface area contributed by atoms with Gasteiger partial charge in [0.15, 0.2) is 6.29 Å². The fraction of sp³-hybridized carbons (Fsp3) is 0.868. The Balaban J connectivity index is 2.52. The lowest BCUT2D eigenvalue weighted by Gasteiger charge is -2.41. The molecule has 1 rings (SSSR count). The minimum atomic E-state index is -5.13. The minimum Gasteiger partial charge on any atom is -0.394 e. The zero-order valence-electron chi connectivity index (χ0n) is 42.1. The third kappa shape index (κ3) is 35.1. The summed E-state index contributed by atoms with van der Waals surface area (Å²) in [4.78, 5) is 13.2. The lowest BCUT2D eigenvalue weighted by molar-refractivity contribution is -0.298. The zero-order valence-corrected chi connectivity index (χ0v) is 42.9. The van der Waals surface area contributed by atoms with Crippen molar-refractivity contribution in [1.82, 2.24) is 5.32 Å². The van der Waals surface area contributed by atoms with E-state index in [9.17, 15) is 43.3 Å². The van der Waals surface area contributed by atoms with Crippen molar-refractivity contribution < 1.29 is 57.0 Å². The summed E-state index contributed by atoms with van der Waals surface area (Å²) in [7, 11) is -5.13. The Morgan fingerprint density at radius 1 is 0.597 bits per heavy atom. The Morgan fingerprint density at radius 2 is 1.00 bits per heavy atom. The number of allylic oxidation sites excluding steroid dienone is 5. The van der Waals surface area contributed by atoms with Gasteiger partial charge in [0.1, 0.15) is 30.5 Å². The molecule has 0 saturated carbocycles. The first kappa shape index (κ1) is 63.3. The van der Waals surface area contributed by atoms with Crippen molar-refractivity contribution in [3.05, 3.63) is 36.5 Å². The van der Waals surface area contributed by atoms with E-state index in [1.165, 1.54) is 141 Å². The molecule has 14 heteroatoms. The molecule has 0 aromatic carbocycles. The SMILES string of the molecule is CCCCCCCCCCC/C=C\CCCCCCCCC(O)C(=O)NC(COC1OC(CO)C(O)C(OS(=O)(=O)O)C1O)C(O)/C=C/CC/C=C/CCCCCCCCCCCCCCC. The molecule has 1 saturated heterocycles. The van der Waals surface area contributed by atoms with Crippen LogP contribution in [0.5, 0.6) is 0 Å². The van der Waals surface area contributed by atoms with Crippen molar-refractivity contribution in [2.75, 3.05) is 13.2 Å². The van der Waals surface area contributed by atoms with Crippen LogP contribution in [0.3, 0.4) is 0 Å². The van der Waals surface area contributed by atoms with Crippen molar-refractivity contribution in [2.24, 2.45) is 0 Å². The van der Waals surface area contributed by atoms with Gasteiger partial charge in [-0.1, -0.05) is 211 Å². The maximum atomic E-state index is 13.2. The molecule has 0 spiro atoms. The van der Waals surface area contributed by atoms with Crippen LogP contribution in [0.1, 0.15) is 232 Å². The largest absolute Gasteiger partial charge is 0.397 e. The number of aliphatic hydroxyl groups excluding tert-OH is 5. The van der Waals surface area contributed by atoms with E-state index < -0.39 is 78.5 Å². The summed E-state index contributed by atoms with van der Waals surface area (Å²) in [6, 6.07) is -1.14. The van der Waals surface area contributed by atoms with Crippen molar-refractivity contribution in [3.8, 4) is 0 Å². The quantitative estimate of drug-likeness (QED) is 0.0173. The Hall–Kier alpha value is -1.72. The topological polar surface area (TPSA) is 212 Å². The summed E-state index contributed by atoms with van der Waals surface area (Å²) in [6.45, 7) is 3.23. The highest BCUT2D eigenvalue weighted by Gasteiger charge is 2.48. The first-order valence-corrected chi connectivity index (χ1v) is 28.3. The number of unbranched alkanes of at least 4 members (excludes halogenated alkanes) is 29. The number of hydrogen-bond acceptors (Lipinski definition) is 11. The van der Waals surface area contributed by atoms with Crippen LogP contribution < -0.4 is 5.32 Å². The lowest BCUT2D eigenvalue weighted by Crippen LogP contribution is -2.61. The van der Waals surface area contributed by atoms with Crippen LogP contribution in [-0.4, -0.2) is 107 Å². The standard InChI is InChI=1S/C53H99NO12S/c1-3-5-7-9-11-13-15-17-19-21-23-25-27-29-31-33-35-37-39-41-46(56)45(44-64-53-50(59)51(66-67(61,62)63)49(58)48(43-55)65-53)54-52(60)47(57)42-40-38-36-34-32-30-28-26-24-22-20-18-16-14-12-10-8-6-4-2/h24,26,31,33,39,41,45-51,53,55-59H,3-23,25,27-30,32,34-38,40,42-44H2,1-2H3,(H,54,60)(H,61,62,63)/b26-24-,33-31+,41-39+. The summed E-state index contributed by atoms with van der Waals surface area (Å²) in [6.07, 6.45) is 40.8. The van der Waals surface area contributed by atoms with Gasteiger partial charge in [-0.15, -0.1) is 0 Å². The second-order valence-electron chi connectivity index (χ2n) is 18.9. The number of amides is 1. The van der Waals surface area contributed by atoms with E-state index in [2.05, 4.69) is 47.7 Å². The van der Waals surface area contributed by atoms with Crippen LogP contribution >= 0.6 is 0 Å². The predicted octanol–water partition coefficient (Wildman–Crippen LogP) is 10.8. The van der Waals surface area contributed by atoms with Gasteiger partial charge < -0.3 is 40.3 Å². The number of ether oxygens (including phenoxy) is 2. The second kappa shape index (κ2) is 43.1. The monoisotopic (exact) mass is 974 g/mol. The maximum Gasteiger partial charge on any atom is 0.397 e. The number of aliphatic hydroxyl groups is 5. The van der Waals surface area contributed by atoms with Crippen molar-refractivity contribution >= 4 is 16.3 Å². The van der Waals surface area contributed by atoms with Crippen molar-refractivity contribution in [3.63, 3.8) is 0 Å². The van der Waals surface area contributed by atoms with Crippen LogP contribution in [0.15, 0.2) is 36.5 Å². The molecule has 0 aliphatic carbocycles. The zero-order chi connectivity index (χ0) is 49.2. The molecule has 67 heavy (non-hydrogen) atoms. The molecule has 1 amide bonds. The molecule has 7 N–H and O–H groups in total. The first-order chi connectivity index (χ1) is 32.4. The average molecular weight is 974 g/mol. The Morgan fingerprint density at radius 3 is 1.43 bits per heavy atom. The smallest absolute Gasteiger partial charge is 0.394 e. The molecule has 0 aromatic rings. The molecule has 0 radical (unpaired) electrons. The van der Waals surface area contributed by atoms with E-state index in [0.717, 1.165) is 64.2 Å². The fourth-order valence-corrected chi connectivity index (χ4v) is 8.98. The van der Waals surface area contributed by atoms with Crippen LogP contribution in [0, 0.1) is 0 Å². The molecule has 0 aromatic heterocycles. The van der Waals surface area contributed by atoms with Crippen LogP contribution in [0.4, 0.5) is 0 Å². The molecular formula is C53H99NO12S. The highest BCUT2D eigenvalue weighted by molar-refractivity contribution is 7.80. The summed E-state index contributed by atoms with van der Waals surface area (Å²) < 4.78 is 47.7. The molecule has 1 aliphatic heterocycles. The Labute approximate surface area is 408 Å². The van der Waals surface area contributed by atoms with Gasteiger partial charge in [0.2, 0.25) is 5.91 Å². The number of nitrogens with one attached hydrogen (secondary N) is 1. The molecule has 1 heterocycles. The number of rotatable bonds is 46. The summed E-state index contributed by atoms with van der Waals surface area (Å²) >= 11 is 0. The van der Waals surface area contributed by atoms with E-state index in [4.69, 9.17) is 9.47 Å². The Bertz CT molecular complexity index is 1350. The van der Waals surface area contributed by atoms with E-state index in [1.807, 2.05) is 0 Å². The average Bonchev–Trinajstić information content (AvgIpc) is 3.30. The van der Waals surface area contributed by atoms with E-state index in [0.29, 0.717) is 12.8 Å². The highest BCUT2D eigenvalue weighted by Crippen LogP contribution is 2.26. The first-order valence-electron chi connectivity index (χ1n) is 27.0. The van der Waals surface area contributed by atoms with E-state index >= 15 is 0 Å². The predicted molar refractivity (Wildman–Crippen MR) is 270 cm³/mol. The van der Waals surface area contributed by atoms with Gasteiger partial charge in [-0.25, -0.2) is 4.18 Å². The van der Waals surface area contributed by atoms with Gasteiger partial charge >= 0.3 is 10.4 Å². The third-order valence-corrected chi connectivity index (χ3v) is 13.2. The van der Waals surface area contributed by atoms with Gasteiger partial charge in [-0.05, 0) is 57.8 Å². The normalized spacial score (nSPS) is 20.6. The number of hydrogen-bond donors (Lipinski definition) is 7. The third-order valence-electron chi connectivity index (χ3n) is 12.8. The summed E-state index contributed by atoms with van der Waals surface area (Å²) in [5.41, 5.74) is 0. The van der Waals surface area contributed by atoms with Gasteiger partial charge in [-0.3, -0.25) is 9.35 Å². The second-order valence-corrected chi connectivity index (χ2v) is 20.0. The molecule has 0 bridgehead atoms. The van der Waals surface area contributed by atoms with E-state index in [-0.39, 0.29) is 6.42 Å². The van der Waals surface area contributed by atoms with Gasteiger partial charge in [0.05, 0.1) is 25.4 Å². The van der Waals surface area contributed by atoms with Crippen molar-refractivity contribution in [1.29, 1.82) is 0 Å². The molecule has 1 aliphatic rings. The Kier molecular flexibility index (Phi) is 40.7. The van der Waals surface area contributed by atoms with Crippen LogP contribution in [0.2, 0.25) is 0 Å². The molecule has 1 fully saturated rings. The molecule has 13 nitrogen and oxygen atoms in total. The molecule has 8 atom stereocenters. The summed E-state index contributed by atoms with van der Waals surface area (Å²) in [5.74, 6) is -0.715. The lowest BCUT2D eigenvalue weighted by atomic mass is 9.99.